The molecule has 0 aliphatic rings. The Hall–Kier alpha value is -7.04. The minimum atomic E-state index is 0.134. The molecule has 0 saturated heterocycles. The number of fused-ring (bicyclic) bond motifs is 1. The number of pyridine rings is 1. The van der Waals surface area contributed by atoms with Crippen LogP contribution in [0.3, 0.4) is 0 Å². The van der Waals surface area contributed by atoms with Crippen LogP contribution in [0.4, 0.5) is 0 Å². The van der Waals surface area contributed by atoms with E-state index in [2.05, 4.69) is 159 Å². The molecule has 0 bridgehead atoms. The van der Waals surface area contributed by atoms with E-state index in [1.54, 1.807) is 6.07 Å². The van der Waals surface area contributed by atoms with Crippen LogP contribution in [-0.2, 0) is 0 Å². The lowest BCUT2D eigenvalue weighted by atomic mass is 9.89. The second-order valence-electron chi connectivity index (χ2n) is 14.5. The van der Waals surface area contributed by atoms with Crippen molar-refractivity contribution >= 4 is 11.0 Å². The summed E-state index contributed by atoms with van der Waals surface area (Å²) in [7, 11) is 0. The highest BCUT2D eigenvalue weighted by molar-refractivity contribution is 6.00. The highest BCUT2D eigenvalue weighted by Crippen LogP contribution is 2.42. The van der Waals surface area contributed by atoms with Gasteiger partial charge >= 0.3 is 0 Å². The molecule has 0 aliphatic carbocycles. The van der Waals surface area contributed by atoms with Crippen molar-refractivity contribution < 1.29 is 5.11 Å². The molecule has 1 atom stereocenters. The van der Waals surface area contributed by atoms with Gasteiger partial charge in [0.15, 0.2) is 0 Å². The summed E-state index contributed by atoms with van der Waals surface area (Å²) in [6, 6.07) is 63.0. The molecule has 0 amide bonds. The van der Waals surface area contributed by atoms with E-state index >= 15 is 0 Å². The van der Waals surface area contributed by atoms with Crippen LogP contribution in [0.1, 0.15) is 35.2 Å². The van der Waals surface area contributed by atoms with Crippen LogP contribution < -0.4 is 0 Å². The summed E-state index contributed by atoms with van der Waals surface area (Å²) in [5, 5.41) is 11.2. The molecule has 9 rings (SSSR count). The van der Waals surface area contributed by atoms with Gasteiger partial charge in [0.1, 0.15) is 11.6 Å². The van der Waals surface area contributed by atoms with Crippen LogP contribution in [0, 0.1) is 13.8 Å². The molecule has 56 heavy (non-hydrogen) atoms. The van der Waals surface area contributed by atoms with Gasteiger partial charge in [-0.2, -0.15) is 0 Å². The van der Waals surface area contributed by atoms with Gasteiger partial charge in [0.2, 0.25) is 0 Å². The van der Waals surface area contributed by atoms with E-state index in [1.807, 2.05) is 42.5 Å². The topological polar surface area (TPSA) is 50.9 Å². The Bertz CT molecular complexity index is 2820. The molecule has 9 aromatic rings. The number of benzene rings is 7. The van der Waals surface area contributed by atoms with Gasteiger partial charge < -0.3 is 5.11 Å². The van der Waals surface area contributed by atoms with Crippen molar-refractivity contribution in [2.45, 2.75) is 26.7 Å². The van der Waals surface area contributed by atoms with Gasteiger partial charge in [-0.1, -0.05) is 122 Å². The van der Waals surface area contributed by atoms with Gasteiger partial charge in [0, 0.05) is 28.4 Å². The normalized spacial score (nSPS) is 11.8. The molecule has 0 saturated carbocycles. The highest BCUT2D eigenvalue weighted by Gasteiger charge is 2.22. The number of phenolic OH excluding ortho intramolecular Hbond substituents is 1. The number of phenols is 1. The summed E-state index contributed by atoms with van der Waals surface area (Å²) >= 11 is 0. The fourth-order valence-corrected chi connectivity index (χ4v) is 7.99. The number of aromatic hydroxyl groups is 1. The Morgan fingerprint density at radius 2 is 1.12 bits per heavy atom. The average molecular weight is 724 g/mol. The number of aryl methyl sites for hydroxylation is 2. The molecular weight excluding hydrogens is 683 g/mol. The number of hydrogen-bond donors (Lipinski definition) is 1. The lowest BCUT2D eigenvalue weighted by Gasteiger charge is -2.17. The van der Waals surface area contributed by atoms with Crippen molar-refractivity contribution in [2.24, 2.45) is 0 Å². The van der Waals surface area contributed by atoms with Crippen molar-refractivity contribution in [3.8, 4) is 67.5 Å². The van der Waals surface area contributed by atoms with Gasteiger partial charge in [-0.25, -0.2) is 4.98 Å². The zero-order valence-corrected chi connectivity index (χ0v) is 31.7. The average Bonchev–Trinajstić information content (AvgIpc) is 3.63. The summed E-state index contributed by atoms with van der Waals surface area (Å²) in [4.78, 5) is 10.8. The lowest BCUT2D eigenvalue weighted by Crippen LogP contribution is -2.00. The first-order valence-electron chi connectivity index (χ1n) is 19.1. The lowest BCUT2D eigenvalue weighted by molar-refractivity contribution is 0.477. The van der Waals surface area contributed by atoms with Crippen molar-refractivity contribution in [2.75, 3.05) is 0 Å². The number of aromatic nitrogens is 3. The summed E-state index contributed by atoms with van der Waals surface area (Å²) in [6.07, 6.45) is 0. The third-order valence-electron chi connectivity index (χ3n) is 10.9. The molecule has 2 aromatic heterocycles. The van der Waals surface area contributed by atoms with E-state index in [-0.39, 0.29) is 11.7 Å². The van der Waals surface area contributed by atoms with Crippen LogP contribution in [-0.4, -0.2) is 19.6 Å². The molecule has 1 N–H and O–H groups in total. The molecule has 0 radical (unpaired) electrons. The Morgan fingerprint density at radius 1 is 0.500 bits per heavy atom. The van der Waals surface area contributed by atoms with Crippen LogP contribution in [0.15, 0.2) is 182 Å². The van der Waals surface area contributed by atoms with E-state index in [9.17, 15) is 5.11 Å². The van der Waals surface area contributed by atoms with Crippen molar-refractivity contribution in [3.05, 3.63) is 204 Å². The smallest absolute Gasteiger partial charge is 0.149 e. The first-order chi connectivity index (χ1) is 27.4. The van der Waals surface area contributed by atoms with Crippen LogP contribution in [0.2, 0.25) is 0 Å². The monoisotopic (exact) mass is 723 g/mol. The Balaban J connectivity index is 1.35. The van der Waals surface area contributed by atoms with E-state index < -0.39 is 0 Å². The third-order valence-corrected chi connectivity index (χ3v) is 10.9. The maximum atomic E-state index is 11.2. The summed E-state index contributed by atoms with van der Waals surface area (Å²) in [6.45, 7) is 6.59. The maximum Gasteiger partial charge on any atom is 0.149 e. The quantitative estimate of drug-likeness (QED) is 0.170. The molecule has 4 nitrogen and oxygen atoms in total. The summed E-state index contributed by atoms with van der Waals surface area (Å²) in [5.74, 6) is 0.986. The Labute approximate surface area is 328 Å². The molecule has 4 heteroatoms. The zero-order chi connectivity index (χ0) is 38.2. The second-order valence-corrected chi connectivity index (χ2v) is 14.5. The molecule has 7 aromatic carbocycles. The standard InChI is InChI=1S/C52H41N3O/c1-34-17-15-18-35(2)50(34)42-30-40(29-41(31-42)47-27-16-26-46(53-47)36(3)37-19-7-4-8-20-37)45-32-39(38-21-9-5-10-22-38)33-48-51(45)54-52(44-25-13-14-28-49(44)56)55(48)43-23-11-6-12-24-43/h4-33,36,56H,1-3H3. The molecule has 0 aliphatic heterocycles. The number of nitrogens with zero attached hydrogens (tertiary/aromatic N) is 3. The van der Waals surface area contributed by atoms with E-state index in [4.69, 9.17) is 9.97 Å². The van der Waals surface area contributed by atoms with Crippen molar-refractivity contribution in [1.29, 1.82) is 0 Å². The summed E-state index contributed by atoms with van der Waals surface area (Å²) in [5.41, 5.74) is 16.6. The van der Waals surface area contributed by atoms with E-state index in [1.165, 1.54) is 22.3 Å². The van der Waals surface area contributed by atoms with Crippen LogP contribution >= 0.6 is 0 Å². The van der Waals surface area contributed by atoms with Crippen molar-refractivity contribution in [3.63, 3.8) is 0 Å². The SMILES string of the molecule is Cc1cccc(C)c1-c1cc(-c2cccc(C(C)c3ccccc3)n2)cc(-c2cc(-c3ccccc3)cc3c2nc(-c2ccccc2O)n3-c2ccccc2)c1. The number of imidazole rings is 1. The molecular formula is C52H41N3O. The molecule has 0 spiro atoms. The summed E-state index contributed by atoms with van der Waals surface area (Å²) < 4.78 is 2.17. The van der Waals surface area contributed by atoms with E-state index in [0.717, 1.165) is 61.5 Å². The Kier molecular flexibility index (Phi) is 9.08. The second kappa shape index (κ2) is 14.7. The maximum absolute atomic E-state index is 11.2. The largest absolute Gasteiger partial charge is 0.507 e. The molecule has 270 valence electrons. The zero-order valence-electron chi connectivity index (χ0n) is 31.7. The minimum Gasteiger partial charge on any atom is -0.507 e. The van der Waals surface area contributed by atoms with Crippen LogP contribution in [0.5, 0.6) is 5.75 Å². The predicted octanol–water partition coefficient (Wildman–Crippen LogP) is 13.2. The number of hydrogen-bond acceptors (Lipinski definition) is 3. The van der Waals surface area contributed by atoms with Gasteiger partial charge in [-0.05, 0) is 125 Å². The first kappa shape index (κ1) is 34.7. The molecule has 1 unspecified atom stereocenters. The van der Waals surface area contributed by atoms with Crippen molar-refractivity contribution in [1.82, 2.24) is 14.5 Å². The molecule has 2 heterocycles. The van der Waals surface area contributed by atoms with Gasteiger partial charge in [-0.15, -0.1) is 0 Å². The third kappa shape index (κ3) is 6.46. The highest BCUT2D eigenvalue weighted by atomic mass is 16.3. The van der Waals surface area contributed by atoms with Crippen LogP contribution in [0.25, 0.3) is 72.7 Å². The number of rotatable bonds is 8. The Morgan fingerprint density at radius 3 is 1.86 bits per heavy atom. The van der Waals surface area contributed by atoms with Gasteiger partial charge in [0.05, 0.1) is 22.3 Å². The van der Waals surface area contributed by atoms with Gasteiger partial charge in [0.25, 0.3) is 0 Å². The van der Waals surface area contributed by atoms with E-state index in [0.29, 0.717) is 11.4 Å². The fourth-order valence-electron chi connectivity index (χ4n) is 7.99. The number of para-hydroxylation sites is 2. The fraction of sp³-hybridized carbons (Fsp3) is 0.0769. The van der Waals surface area contributed by atoms with Gasteiger partial charge in [-0.3, -0.25) is 9.55 Å². The molecule has 0 fully saturated rings. The predicted molar refractivity (Wildman–Crippen MR) is 231 cm³/mol. The first-order valence-corrected chi connectivity index (χ1v) is 19.1. The minimum absolute atomic E-state index is 0.134.